The molecule has 0 aliphatic carbocycles. The van der Waals surface area contributed by atoms with Gasteiger partial charge >= 0.3 is 11.8 Å². The highest BCUT2D eigenvalue weighted by atomic mass is 19.4. The lowest BCUT2D eigenvalue weighted by Gasteiger charge is -2.32. The number of nitrogens with zero attached hydrogens (tertiary/aromatic N) is 2. The topological polar surface area (TPSA) is 89.2 Å². The first-order valence-electron chi connectivity index (χ1n) is 11.2. The Morgan fingerprint density at radius 3 is 2.57 bits per heavy atom. The van der Waals surface area contributed by atoms with Gasteiger partial charge in [-0.2, -0.15) is 18.3 Å². The van der Waals surface area contributed by atoms with Crippen LogP contribution in [0.2, 0.25) is 0 Å². The molecule has 0 radical (unpaired) electrons. The summed E-state index contributed by atoms with van der Waals surface area (Å²) in [5, 5.41) is 9.15. The van der Waals surface area contributed by atoms with E-state index in [0.717, 1.165) is 34.1 Å². The summed E-state index contributed by atoms with van der Waals surface area (Å²) in [5.41, 5.74) is -0.996. The maximum Gasteiger partial charge on any atom is 0.417 e. The zero-order chi connectivity index (χ0) is 26.5. The highest BCUT2D eigenvalue weighted by Crippen LogP contribution is 2.40. The van der Waals surface area contributed by atoms with Crippen molar-refractivity contribution in [1.29, 1.82) is 0 Å². The van der Waals surface area contributed by atoms with Gasteiger partial charge in [0.1, 0.15) is 23.0 Å². The van der Waals surface area contributed by atoms with E-state index in [0.29, 0.717) is 6.07 Å². The molecule has 0 spiro atoms. The molecule has 2 aromatic heterocycles. The fourth-order valence-corrected chi connectivity index (χ4v) is 4.39. The van der Waals surface area contributed by atoms with Crippen LogP contribution in [0.4, 0.5) is 33.5 Å². The average molecular weight is 518 g/mol. The first kappa shape index (κ1) is 24.5. The van der Waals surface area contributed by atoms with Crippen LogP contribution in [0.5, 0.6) is 0 Å². The Balaban J connectivity index is 1.48. The zero-order valence-electron chi connectivity index (χ0n) is 19.1. The molecular formula is C25H19F5N4O3. The number of benzene rings is 2. The Morgan fingerprint density at radius 2 is 1.89 bits per heavy atom. The van der Waals surface area contributed by atoms with Crippen molar-refractivity contribution in [2.24, 2.45) is 0 Å². The largest absolute Gasteiger partial charge is 0.423 e. The van der Waals surface area contributed by atoms with Crippen LogP contribution in [0.3, 0.4) is 0 Å². The van der Waals surface area contributed by atoms with E-state index in [-0.39, 0.29) is 29.1 Å². The second kappa shape index (κ2) is 9.02. The third-order valence-corrected chi connectivity index (χ3v) is 6.22. The number of fused-ring (bicyclic) bond motifs is 2. The van der Waals surface area contributed by atoms with Crippen LogP contribution >= 0.6 is 0 Å². The molecule has 1 aliphatic heterocycles. The summed E-state index contributed by atoms with van der Waals surface area (Å²) >= 11 is 0. The van der Waals surface area contributed by atoms with Gasteiger partial charge in [0, 0.05) is 17.1 Å². The summed E-state index contributed by atoms with van der Waals surface area (Å²) in [5.74, 6) is -0.695. The number of rotatable bonds is 4. The molecule has 0 bridgehead atoms. The van der Waals surface area contributed by atoms with Crippen molar-refractivity contribution < 1.29 is 31.2 Å². The number of carbonyl (C=O) groups is 1. The lowest BCUT2D eigenvalue weighted by molar-refractivity contribution is -0.136. The van der Waals surface area contributed by atoms with Crippen LogP contribution in [0, 0.1) is 6.92 Å². The Morgan fingerprint density at radius 1 is 1.16 bits per heavy atom. The fraction of sp³-hybridized carbons (Fsp3) is 0.240. The Bertz CT molecular complexity index is 1540. The van der Waals surface area contributed by atoms with E-state index < -0.39 is 47.2 Å². The highest BCUT2D eigenvalue weighted by Gasteiger charge is 2.37. The number of aromatic nitrogens is 2. The quantitative estimate of drug-likeness (QED) is 0.258. The fourth-order valence-electron chi connectivity index (χ4n) is 4.39. The smallest absolute Gasteiger partial charge is 0.417 e. The monoisotopic (exact) mass is 518 g/mol. The summed E-state index contributed by atoms with van der Waals surface area (Å²) in [6.07, 6.45) is -6.42. The summed E-state index contributed by atoms with van der Waals surface area (Å²) in [6, 6.07) is 9.28. The molecule has 1 aliphatic rings. The minimum Gasteiger partial charge on any atom is -0.423 e. The Labute approximate surface area is 205 Å². The standard InChI is InChI=1S/C25H19F5N4O3/c1-12-2-4-13(5-3-12)18-10-19(22(26)27)34-23(33-18)16(11-31-34)24(36)32-14-6-7-20-15(8-14)17(25(28,29)30)9-21(35)37-20/h2-9,11,18-19,22,33H,10H2,1H3,(H,32,36)/t18-,19-/m1/s1. The third-order valence-electron chi connectivity index (χ3n) is 6.22. The predicted molar refractivity (Wildman–Crippen MR) is 125 cm³/mol. The summed E-state index contributed by atoms with van der Waals surface area (Å²) in [4.78, 5) is 24.6. The normalized spacial score (nSPS) is 17.5. The van der Waals surface area contributed by atoms with Gasteiger partial charge in [0.15, 0.2) is 0 Å². The lowest BCUT2D eigenvalue weighted by atomic mass is 9.96. The molecule has 192 valence electrons. The van der Waals surface area contributed by atoms with E-state index in [4.69, 9.17) is 4.42 Å². The number of nitrogens with one attached hydrogen (secondary N) is 2. The first-order valence-corrected chi connectivity index (χ1v) is 11.2. The van der Waals surface area contributed by atoms with Crippen molar-refractivity contribution in [3.63, 3.8) is 0 Å². The molecule has 0 fully saturated rings. The van der Waals surface area contributed by atoms with Crippen molar-refractivity contribution in [3.05, 3.63) is 87.4 Å². The maximum atomic E-state index is 13.9. The van der Waals surface area contributed by atoms with Crippen molar-refractivity contribution in [2.45, 2.75) is 38.0 Å². The van der Waals surface area contributed by atoms with Crippen LogP contribution in [0.25, 0.3) is 11.0 Å². The minimum absolute atomic E-state index is 0.0203. The van der Waals surface area contributed by atoms with Crippen LogP contribution in [-0.4, -0.2) is 22.1 Å². The number of carbonyl (C=O) groups excluding carboxylic acids is 1. The molecule has 5 rings (SSSR count). The molecule has 0 saturated carbocycles. The van der Waals surface area contributed by atoms with Gasteiger partial charge in [0.2, 0.25) is 0 Å². The van der Waals surface area contributed by atoms with Crippen molar-refractivity contribution >= 4 is 28.4 Å². The Kier molecular flexibility index (Phi) is 5.97. The van der Waals surface area contributed by atoms with Gasteiger partial charge in [-0.05, 0) is 37.1 Å². The summed E-state index contributed by atoms with van der Waals surface area (Å²) in [6.45, 7) is 1.90. The van der Waals surface area contributed by atoms with Gasteiger partial charge in [0.05, 0.1) is 17.8 Å². The Hall–Kier alpha value is -4.22. The van der Waals surface area contributed by atoms with Gasteiger partial charge in [-0.1, -0.05) is 29.8 Å². The number of hydrogen-bond acceptors (Lipinski definition) is 5. The number of alkyl halides is 5. The van der Waals surface area contributed by atoms with E-state index >= 15 is 0 Å². The molecule has 0 unspecified atom stereocenters. The molecule has 3 heterocycles. The zero-order valence-corrected chi connectivity index (χ0v) is 19.1. The van der Waals surface area contributed by atoms with Crippen molar-refractivity contribution in [2.75, 3.05) is 10.6 Å². The van der Waals surface area contributed by atoms with Gasteiger partial charge in [-0.25, -0.2) is 18.3 Å². The predicted octanol–water partition coefficient (Wildman–Crippen LogP) is 5.93. The molecular weight excluding hydrogens is 499 g/mol. The SMILES string of the molecule is Cc1ccc([C@H]2C[C@H](C(F)F)n3ncc(C(=O)Nc4ccc5oc(=O)cc(C(F)(F)F)c5c4)c3N2)cc1. The average Bonchev–Trinajstić information content (AvgIpc) is 3.27. The molecule has 4 aromatic rings. The van der Waals surface area contributed by atoms with Gasteiger partial charge in [-0.15, -0.1) is 0 Å². The summed E-state index contributed by atoms with van der Waals surface area (Å²) in [7, 11) is 0. The third kappa shape index (κ3) is 4.66. The van der Waals surface area contributed by atoms with Gasteiger partial charge in [-0.3, -0.25) is 4.79 Å². The van der Waals surface area contributed by atoms with E-state index in [2.05, 4.69) is 15.7 Å². The van der Waals surface area contributed by atoms with Crippen LogP contribution in [-0.2, 0) is 6.18 Å². The molecule has 2 N–H and O–H groups in total. The lowest BCUT2D eigenvalue weighted by Crippen LogP contribution is -2.31. The second-order valence-corrected chi connectivity index (χ2v) is 8.74. The molecule has 12 heteroatoms. The second-order valence-electron chi connectivity index (χ2n) is 8.74. The van der Waals surface area contributed by atoms with Crippen LogP contribution < -0.4 is 16.3 Å². The van der Waals surface area contributed by atoms with E-state index in [9.17, 15) is 31.5 Å². The van der Waals surface area contributed by atoms with E-state index in [1.54, 1.807) is 0 Å². The highest BCUT2D eigenvalue weighted by molar-refractivity contribution is 6.08. The molecule has 2 atom stereocenters. The van der Waals surface area contributed by atoms with E-state index in [1.165, 1.54) is 6.07 Å². The number of aryl methyl sites for hydroxylation is 1. The van der Waals surface area contributed by atoms with Crippen LogP contribution in [0.1, 0.15) is 45.6 Å². The van der Waals surface area contributed by atoms with Crippen molar-refractivity contribution in [1.82, 2.24) is 9.78 Å². The first-order chi connectivity index (χ1) is 17.5. The summed E-state index contributed by atoms with van der Waals surface area (Å²) < 4.78 is 74.1. The molecule has 1 amide bonds. The number of hydrogen-bond donors (Lipinski definition) is 2. The number of halogens is 5. The number of amides is 1. The molecule has 37 heavy (non-hydrogen) atoms. The molecule has 2 aromatic carbocycles. The van der Waals surface area contributed by atoms with Crippen molar-refractivity contribution in [3.8, 4) is 0 Å². The maximum absolute atomic E-state index is 13.9. The number of anilines is 2. The minimum atomic E-state index is -4.83. The van der Waals surface area contributed by atoms with E-state index in [1.807, 2.05) is 31.2 Å². The van der Waals surface area contributed by atoms with Gasteiger partial charge in [0.25, 0.3) is 12.3 Å². The van der Waals surface area contributed by atoms with Gasteiger partial charge < -0.3 is 15.1 Å². The molecule has 0 saturated heterocycles. The molecule has 7 nitrogen and oxygen atoms in total. The van der Waals surface area contributed by atoms with Crippen LogP contribution in [0.15, 0.2) is 63.9 Å².